The number of alkyl halides is 1. The maximum atomic E-state index is 12.8. The molecular formula is C9H17FO2. The van der Waals surface area contributed by atoms with Crippen molar-refractivity contribution in [3.63, 3.8) is 0 Å². The van der Waals surface area contributed by atoms with Crippen molar-refractivity contribution in [3.05, 3.63) is 0 Å². The number of rotatable bonds is 3. The van der Waals surface area contributed by atoms with Gasteiger partial charge in [0.25, 0.3) is 0 Å². The highest BCUT2D eigenvalue weighted by molar-refractivity contribution is 5.72. The fourth-order valence-corrected chi connectivity index (χ4v) is 1.31. The summed E-state index contributed by atoms with van der Waals surface area (Å²) in [5.74, 6) is -1.77. The molecule has 2 unspecified atom stereocenters. The van der Waals surface area contributed by atoms with E-state index < -0.39 is 18.1 Å². The van der Waals surface area contributed by atoms with E-state index in [0.717, 1.165) is 0 Å². The van der Waals surface area contributed by atoms with Gasteiger partial charge in [0.2, 0.25) is 0 Å². The molecular weight excluding hydrogens is 159 g/mol. The van der Waals surface area contributed by atoms with Crippen molar-refractivity contribution < 1.29 is 14.3 Å². The topological polar surface area (TPSA) is 37.3 Å². The Bertz CT molecular complexity index is 160. The van der Waals surface area contributed by atoms with Gasteiger partial charge in [0.1, 0.15) is 0 Å². The minimum Gasteiger partial charge on any atom is -0.479 e. The zero-order chi connectivity index (χ0) is 9.94. The van der Waals surface area contributed by atoms with E-state index in [1.807, 2.05) is 20.8 Å². The molecule has 0 rings (SSSR count). The Morgan fingerprint density at radius 2 is 1.92 bits per heavy atom. The quantitative estimate of drug-likeness (QED) is 0.717. The van der Waals surface area contributed by atoms with Gasteiger partial charge in [0.15, 0.2) is 6.17 Å². The first-order chi connectivity index (χ1) is 5.24. The van der Waals surface area contributed by atoms with E-state index >= 15 is 0 Å². The van der Waals surface area contributed by atoms with E-state index in [1.165, 1.54) is 0 Å². The SMILES string of the molecule is CC(CC(C)(C)C)C(F)C(=O)O. The van der Waals surface area contributed by atoms with Gasteiger partial charge in [-0.2, -0.15) is 0 Å². The molecule has 0 aromatic heterocycles. The summed E-state index contributed by atoms with van der Waals surface area (Å²) in [6.45, 7) is 7.54. The lowest BCUT2D eigenvalue weighted by Crippen LogP contribution is -2.26. The summed E-state index contributed by atoms with van der Waals surface area (Å²) in [5.41, 5.74) is -0.0147. The van der Waals surface area contributed by atoms with Crippen LogP contribution in [0.3, 0.4) is 0 Å². The second kappa shape index (κ2) is 3.87. The number of carboxylic acid groups (broad SMARTS) is 1. The predicted molar refractivity (Wildman–Crippen MR) is 45.8 cm³/mol. The number of halogens is 1. The van der Waals surface area contributed by atoms with Crippen LogP contribution in [-0.4, -0.2) is 17.2 Å². The molecule has 0 radical (unpaired) electrons. The van der Waals surface area contributed by atoms with Gasteiger partial charge >= 0.3 is 5.97 Å². The van der Waals surface area contributed by atoms with Crippen LogP contribution in [0.1, 0.15) is 34.1 Å². The van der Waals surface area contributed by atoms with Gasteiger partial charge in [-0.25, -0.2) is 9.18 Å². The minimum atomic E-state index is -1.73. The Morgan fingerprint density at radius 3 is 2.17 bits per heavy atom. The van der Waals surface area contributed by atoms with Gasteiger partial charge in [-0.3, -0.25) is 0 Å². The smallest absolute Gasteiger partial charge is 0.338 e. The van der Waals surface area contributed by atoms with E-state index in [4.69, 9.17) is 5.11 Å². The van der Waals surface area contributed by atoms with Crippen LogP contribution >= 0.6 is 0 Å². The third-order valence-electron chi connectivity index (χ3n) is 1.67. The van der Waals surface area contributed by atoms with Crippen molar-refractivity contribution in [1.82, 2.24) is 0 Å². The van der Waals surface area contributed by atoms with E-state index in [2.05, 4.69) is 0 Å². The van der Waals surface area contributed by atoms with Crippen molar-refractivity contribution >= 4 is 5.97 Å². The molecule has 0 heterocycles. The fraction of sp³-hybridized carbons (Fsp3) is 0.889. The van der Waals surface area contributed by atoms with Crippen LogP contribution in [0.4, 0.5) is 4.39 Å². The van der Waals surface area contributed by atoms with Crippen molar-refractivity contribution in [2.24, 2.45) is 11.3 Å². The normalized spacial score (nSPS) is 17.1. The molecule has 0 aliphatic rings. The van der Waals surface area contributed by atoms with Gasteiger partial charge in [0.05, 0.1) is 0 Å². The van der Waals surface area contributed by atoms with E-state index in [0.29, 0.717) is 6.42 Å². The third kappa shape index (κ3) is 4.31. The summed E-state index contributed by atoms with van der Waals surface area (Å²) < 4.78 is 12.8. The largest absolute Gasteiger partial charge is 0.479 e. The molecule has 0 amide bonds. The van der Waals surface area contributed by atoms with Gasteiger partial charge in [0, 0.05) is 0 Å². The molecule has 3 heteroatoms. The molecule has 0 saturated carbocycles. The first kappa shape index (κ1) is 11.4. The second-order valence-electron chi connectivity index (χ2n) is 4.48. The third-order valence-corrected chi connectivity index (χ3v) is 1.67. The number of carbonyl (C=O) groups is 1. The second-order valence-corrected chi connectivity index (χ2v) is 4.48. The number of aliphatic carboxylic acids is 1. The molecule has 2 nitrogen and oxygen atoms in total. The van der Waals surface area contributed by atoms with Crippen LogP contribution in [0.15, 0.2) is 0 Å². The first-order valence-corrected chi connectivity index (χ1v) is 4.11. The Balaban J connectivity index is 4.04. The number of hydrogen-bond donors (Lipinski definition) is 1. The van der Waals surface area contributed by atoms with Crippen molar-refractivity contribution in [2.75, 3.05) is 0 Å². The zero-order valence-corrected chi connectivity index (χ0v) is 8.10. The van der Waals surface area contributed by atoms with Crippen LogP contribution in [0.25, 0.3) is 0 Å². The van der Waals surface area contributed by atoms with Crippen molar-refractivity contribution in [2.45, 2.75) is 40.3 Å². The first-order valence-electron chi connectivity index (χ1n) is 4.11. The molecule has 0 aromatic rings. The summed E-state index contributed by atoms with van der Waals surface area (Å²) in [6, 6.07) is 0. The van der Waals surface area contributed by atoms with Crippen molar-refractivity contribution in [3.8, 4) is 0 Å². The highest BCUT2D eigenvalue weighted by atomic mass is 19.1. The molecule has 2 atom stereocenters. The molecule has 12 heavy (non-hydrogen) atoms. The average Bonchev–Trinajstić information content (AvgIpc) is 1.82. The zero-order valence-electron chi connectivity index (χ0n) is 8.10. The maximum absolute atomic E-state index is 12.8. The highest BCUT2D eigenvalue weighted by Gasteiger charge is 2.27. The lowest BCUT2D eigenvalue weighted by molar-refractivity contribution is -0.145. The Labute approximate surface area is 72.8 Å². The van der Waals surface area contributed by atoms with Crippen molar-refractivity contribution in [1.29, 1.82) is 0 Å². The average molecular weight is 176 g/mol. The van der Waals surface area contributed by atoms with E-state index in [9.17, 15) is 9.18 Å². The molecule has 0 spiro atoms. The summed E-state index contributed by atoms with van der Waals surface area (Å²) in [7, 11) is 0. The van der Waals surface area contributed by atoms with Gasteiger partial charge < -0.3 is 5.11 Å². The lowest BCUT2D eigenvalue weighted by atomic mass is 9.83. The van der Waals surface area contributed by atoms with Gasteiger partial charge in [-0.05, 0) is 17.8 Å². The van der Waals surface area contributed by atoms with Crippen LogP contribution in [0.2, 0.25) is 0 Å². The Hall–Kier alpha value is -0.600. The minimum absolute atomic E-state index is 0.0147. The fourth-order valence-electron chi connectivity index (χ4n) is 1.31. The Morgan fingerprint density at radius 1 is 1.50 bits per heavy atom. The molecule has 0 bridgehead atoms. The molecule has 0 fully saturated rings. The molecule has 1 N–H and O–H groups in total. The molecule has 0 aliphatic heterocycles. The van der Waals surface area contributed by atoms with E-state index in [1.54, 1.807) is 6.92 Å². The summed E-state index contributed by atoms with van der Waals surface area (Å²) in [6.07, 6.45) is -1.15. The predicted octanol–water partition coefficient (Wildman–Crippen LogP) is 2.48. The molecule has 72 valence electrons. The van der Waals surface area contributed by atoms with Gasteiger partial charge in [-0.15, -0.1) is 0 Å². The summed E-state index contributed by atoms with van der Waals surface area (Å²) in [5, 5.41) is 8.37. The molecule has 0 saturated heterocycles. The summed E-state index contributed by atoms with van der Waals surface area (Å²) in [4.78, 5) is 10.3. The number of hydrogen-bond acceptors (Lipinski definition) is 1. The van der Waals surface area contributed by atoms with Gasteiger partial charge in [-0.1, -0.05) is 27.7 Å². The highest BCUT2D eigenvalue weighted by Crippen LogP contribution is 2.27. The maximum Gasteiger partial charge on any atom is 0.338 e. The van der Waals surface area contributed by atoms with Crippen LogP contribution < -0.4 is 0 Å². The van der Waals surface area contributed by atoms with Crippen LogP contribution in [0.5, 0.6) is 0 Å². The Kier molecular flexibility index (Phi) is 3.68. The van der Waals surface area contributed by atoms with Crippen LogP contribution in [-0.2, 0) is 4.79 Å². The van der Waals surface area contributed by atoms with Crippen LogP contribution in [0, 0.1) is 11.3 Å². The lowest BCUT2D eigenvalue weighted by Gasteiger charge is -2.23. The summed E-state index contributed by atoms with van der Waals surface area (Å²) >= 11 is 0. The molecule has 0 aliphatic carbocycles. The monoisotopic (exact) mass is 176 g/mol. The molecule has 0 aromatic carbocycles. The standard InChI is InChI=1S/C9H17FO2/c1-6(5-9(2,3)4)7(10)8(11)12/h6-7H,5H2,1-4H3,(H,11,12). The number of carboxylic acids is 1. The van der Waals surface area contributed by atoms with E-state index in [-0.39, 0.29) is 5.41 Å².